The molecular weight excluding hydrogens is 194 g/mol. The minimum Gasteiger partial charge on any atom is -0.480 e. The molecule has 0 aliphatic heterocycles. The van der Waals surface area contributed by atoms with Crippen molar-refractivity contribution in [2.75, 3.05) is 5.32 Å². The molecule has 0 amide bonds. The number of carboxylic acid groups (broad SMARTS) is 1. The van der Waals surface area contributed by atoms with E-state index in [-0.39, 0.29) is 0 Å². The van der Waals surface area contributed by atoms with Crippen LogP contribution < -0.4 is 5.32 Å². The Balaban J connectivity index is 2.65. The summed E-state index contributed by atoms with van der Waals surface area (Å²) in [5.41, 5.74) is 0.947. The molecule has 0 aliphatic carbocycles. The van der Waals surface area contributed by atoms with Gasteiger partial charge in [-0.2, -0.15) is 0 Å². The number of carbonyl (C=O) groups is 1. The second-order valence-electron chi connectivity index (χ2n) is 3.41. The zero-order valence-corrected chi connectivity index (χ0v) is 8.90. The van der Waals surface area contributed by atoms with Gasteiger partial charge in [0.2, 0.25) is 5.95 Å². The van der Waals surface area contributed by atoms with E-state index in [2.05, 4.69) is 15.3 Å². The summed E-state index contributed by atoms with van der Waals surface area (Å²) in [7, 11) is 0. The number of hydrogen-bond acceptors (Lipinski definition) is 4. The Bertz CT molecular complexity index is 324. The van der Waals surface area contributed by atoms with Crippen molar-refractivity contribution in [3.05, 3.63) is 18.0 Å². The fourth-order valence-corrected chi connectivity index (χ4v) is 1.17. The van der Waals surface area contributed by atoms with E-state index in [1.54, 1.807) is 12.4 Å². The van der Waals surface area contributed by atoms with Crippen LogP contribution >= 0.6 is 0 Å². The maximum atomic E-state index is 10.8. The summed E-state index contributed by atoms with van der Waals surface area (Å²) in [6.07, 6.45) is 4.67. The molecule has 1 aromatic rings. The Morgan fingerprint density at radius 3 is 2.60 bits per heavy atom. The van der Waals surface area contributed by atoms with Crippen LogP contribution in [0.5, 0.6) is 0 Å². The maximum Gasteiger partial charge on any atom is 0.326 e. The van der Waals surface area contributed by atoms with E-state index in [1.165, 1.54) is 0 Å². The van der Waals surface area contributed by atoms with Crippen molar-refractivity contribution in [3.8, 4) is 0 Å². The molecule has 0 aliphatic rings. The molecule has 1 heterocycles. The molecule has 0 bridgehead atoms. The van der Waals surface area contributed by atoms with Gasteiger partial charge in [-0.25, -0.2) is 14.8 Å². The van der Waals surface area contributed by atoms with Crippen LogP contribution in [0.4, 0.5) is 5.95 Å². The molecule has 82 valence electrons. The molecule has 2 N–H and O–H groups in total. The van der Waals surface area contributed by atoms with Crippen molar-refractivity contribution < 1.29 is 9.90 Å². The van der Waals surface area contributed by atoms with Crippen molar-refractivity contribution in [3.63, 3.8) is 0 Å². The van der Waals surface area contributed by atoms with Gasteiger partial charge in [0, 0.05) is 12.4 Å². The number of rotatable bonds is 5. The Morgan fingerprint density at radius 2 is 2.13 bits per heavy atom. The molecule has 0 saturated carbocycles. The van der Waals surface area contributed by atoms with E-state index in [0.717, 1.165) is 12.0 Å². The summed E-state index contributed by atoms with van der Waals surface area (Å²) in [4.78, 5) is 18.8. The number of aliphatic carboxylic acids is 1. The summed E-state index contributed by atoms with van der Waals surface area (Å²) in [6, 6.07) is -0.613. The van der Waals surface area contributed by atoms with Crippen LogP contribution in [0.25, 0.3) is 0 Å². The molecular formula is C10H15N3O2. The molecule has 1 aromatic heterocycles. The lowest BCUT2D eigenvalue weighted by Crippen LogP contribution is -2.29. The first-order valence-electron chi connectivity index (χ1n) is 4.91. The number of aryl methyl sites for hydroxylation is 1. The summed E-state index contributed by atoms with van der Waals surface area (Å²) >= 11 is 0. The van der Waals surface area contributed by atoms with Crippen molar-refractivity contribution in [1.82, 2.24) is 9.97 Å². The summed E-state index contributed by atoms with van der Waals surface area (Å²) in [6.45, 7) is 3.82. The third-order valence-electron chi connectivity index (χ3n) is 1.96. The quantitative estimate of drug-likeness (QED) is 0.767. The van der Waals surface area contributed by atoms with Crippen molar-refractivity contribution >= 4 is 11.9 Å². The Labute approximate surface area is 88.6 Å². The van der Waals surface area contributed by atoms with E-state index in [4.69, 9.17) is 5.11 Å². The highest BCUT2D eigenvalue weighted by Crippen LogP contribution is 2.05. The first kappa shape index (κ1) is 11.4. The maximum absolute atomic E-state index is 10.8. The smallest absolute Gasteiger partial charge is 0.326 e. The van der Waals surface area contributed by atoms with Crippen molar-refractivity contribution in [1.29, 1.82) is 0 Å². The molecule has 0 fully saturated rings. The number of carboxylic acids is 1. The standard InChI is InChI=1S/C10H15N3O2/c1-3-4-8(9(14)15)13-10-11-5-7(2)6-12-10/h5-6,8H,3-4H2,1-2H3,(H,14,15)(H,11,12,13). The zero-order valence-electron chi connectivity index (χ0n) is 8.90. The lowest BCUT2D eigenvalue weighted by atomic mass is 10.2. The van der Waals surface area contributed by atoms with Gasteiger partial charge in [-0.05, 0) is 18.9 Å². The molecule has 5 nitrogen and oxygen atoms in total. The van der Waals surface area contributed by atoms with Crippen LogP contribution in [0.1, 0.15) is 25.3 Å². The van der Waals surface area contributed by atoms with Gasteiger partial charge in [-0.1, -0.05) is 13.3 Å². The van der Waals surface area contributed by atoms with Crippen LogP contribution in [0.3, 0.4) is 0 Å². The SMILES string of the molecule is CCCC(Nc1ncc(C)cn1)C(=O)O. The van der Waals surface area contributed by atoms with Gasteiger partial charge in [0.15, 0.2) is 0 Å². The topological polar surface area (TPSA) is 75.1 Å². The minimum absolute atomic E-state index is 0.362. The molecule has 1 atom stereocenters. The highest BCUT2D eigenvalue weighted by Gasteiger charge is 2.16. The lowest BCUT2D eigenvalue weighted by Gasteiger charge is -2.12. The molecule has 1 unspecified atom stereocenters. The number of hydrogen-bond donors (Lipinski definition) is 2. The normalized spacial score (nSPS) is 12.1. The lowest BCUT2D eigenvalue weighted by molar-refractivity contribution is -0.138. The fourth-order valence-electron chi connectivity index (χ4n) is 1.17. The van der Waals surface area contributed by atoms with Crippen LogP contribution in [-0.4, -0.2) is 27.1 Å². The monoisotopic (exact) mass is 209 g/mol. The van der Waals surface area contributed by atoms with Gasteiger partial charge in [0.25, 0.3) is 0 Å². The van der Waals surface area contributed by atoms with E-state index in [0.29, 0.717) is 12.4 Å². The second kappa shape index (κ2) is 5.29. The van der Waals surface area contributed by atoms with E-state index >= 15 is 0 Å². The average Bonchev–Trinajstić information content (AvgIpc) is 2.20. The predicted octanol–water partition coefficient (Wildman–Crippen LogP) is 1.45. The van der Waals surface area contributed by atoms with Gasteiger partial charge >= 0.3 is 5.97 Å². The van der Waals surface area contributed by atoms with E-state index in [1.807, 2.05) is 13.8 Å². The van der Waals surface area contributed by atoms with Crippen molar-refractivity contribution in [2.24, 2.45) is 0 Å². The first-order chi connectivity index (χ1) is 7.13. The highest BCUT2D eigenvalue weighted by atomic mass is 16.4. The van der Waals surface area contributed by atoms with E-state index < -0.39 is 12.0 Å². The number of anilines is 1. The van der Waals surface area contributed by atoms with Gasteiger partial charge in [0.1, 0.15) is 6.04 Å². The van der Waals surface area contributed by atoms with Crippen LogP contribution in [0.2, 0.25) is 0 Å². The molecule has 1 rings (SSSR count). The Kier molecular flexibility index (Phi) is 4.03. The Hall–Kier alpha value is -1.65. The van der Waals surface area contributed by atoms with Crippen LogP contribution in [0.15, 0.2) is 12.4 Å². The third kappa shape index (κ3) is 3.53. The number of nitrogens with one attached hydrogen (secondary N) is 1. The number of aromatic nitrogens is 2. The van der Waals surface area contributed by atoms with Crippen LogP contribution in [0, 0.1) is 6.92 Å². The zero-order chi connectivity index (χ0) is 11.3. The van der Waals surface area contributed by atoms with Crippen molar-refractivity contribution in [2.45, 2.75) is 32.7 Å². The third-order valence-corrected chi connectivity index (χ3v) is 1.96. The van der Waals surface area contributed by atoms with Gasteiger partial charge in [-0.3, -0.25) is 0 Å². The molecule has 0 saturated heterocycles. The predicted molar refractivity (Wildman–Crippen MR) is 56.7 cm³/mol. The number of nitrogens with zero attached hydrogens (tertiary/aromatic N) is 2. The Morgan fingerprint density at radius 1 is 1.53 bits per heavy atom. The molecule has 5 heteroatoms. The molecule has 0 spiro atoms. The minimum atomic E-state index is -0.874. The summed E-state index contributed by atoms with van der Waals surface area (Å²) in [5.74, 6) is -0.512. The van der Waals surface area contributed by atoms with Gasteiger partial charge in [0.05, 0.1) is 0 Å². The second-order valence-corrected chi connectivity index (χ2v) is 3.41. The largest absolute Gasteiger partial charge is 0.480 e. The summed E-state index contributed by atoms with van der Waals surface area (Å²) < 4.78 is 0. The molecule has 15 heavy (non-hydrogen) atoms. The molecule has 0 aromatic carbocycles. The fraction of sp³-hybridized carbons (Fsp3) is 0.500. The molecule has 0 radical (unpaired) electrons. The first-order valence-corrected chi connectivity index (χ1v) is 4.91. The average molecular weight is 209 g/mol. The van der Waals surface area contributed by atoms with Crippen LogP contribution in [-0.2, 0) is 4.79 Å². The van der Waals surface area contributed by atoms with E-state index in [9.17, 15) is 4.79 Å². The van der Waals surface area contributed by atoms with Gasteiger partial charge < -0.3 is 10.4 Å². The highest BCUT2D eigenvalue weighted by molar-refractivity contribution is 5.76. The van der Waals surface area contributed by atoms with Gasteiger partial charge in [-0.15, -0.1) is 0 Å². The summed E-state index contributed by atoms with van der Waals surface area (Å²) in [5, 5.41) is 11.7.